The maximum Gasteiger partial charge on any atom is 0.237 e. The molecule has 0 saturated heterocycles. The first-order valence-electron chi connectivity index (χ1n) is 7.19. The molecule has 4 heteroatoms. The summed E-state index contributed by atoms with van der Waals surface area (Å²) in [5, 5.41) is 0. The zero-order valence-electron chi connectivity index (χ0n) is 13.6. The van der Waals surface area contributed by atoms with Crippen LogP contribution in [0.1, 0.15) is 19.4 Å². The number of thioether (sulfide) groups is 1. The summed E-state index contributed by atoms with van der Waals surface area (Å²) in [4.78, 5) is 17.4. The van der Waals surface area contributed by atoms with E-state index in [9.17, 15) is 4.79 Å². The summed E-state index contributed by atoms with van der Waals surface area (Å²) < 4.78 is 0. The monoisotopic (exact) mass is 306 g/mol. The average Bonchev–Trinajstić information content (AvgIpc) is 2.45. The van der Waals surface area contributed by atoms with Crippen molar-refractivity contribution in [1.82, 2.24) is 9.80 Å². The number of rotatable bonds is 8. The van der Waals surface area contributed by atoms with Gasteiger partial charge in [-0.1, -0.05) is 24.3 Å². The summed E-state index contributed by atoms with van der Waals surface area (Å²) in [5.74, 6) is 0.156. The van der Waals surface area contributed by atoms with E-state index < -0.39 is 0 Å². The van der Waals surface area contributed by atoms with Gasteiger partial charge in [0.05, 0.1) is 6.54 Å². The number of carbonyl (C=O) groups is 1. The van der Waals surface area contributed by atoms with Gasteiger partial charge in [0.25, 0.3) is 0 Å². The minimum Gasteiger partial charge on any atom is -0.338 e. The Bertz CT molecular complexity index is 470. The molecule has 0 radical (unpaired) electrons. The molecule has 0 heterocycles. The Morgan fingerprint density at radius 3 is 2.33 bits per heavy atom. The van der Waals surface area contributed by atoms with Crippen molar-refractivity contribution in [2.45, 2.75) is 25.3 Å². The molecule has 0 aliphatic carbocycles. The van der Waals surface area contributed by atoms with Crippen LogP contribution in [0.3, 0.4) is 0 Å². The molecule has 116 valence electrons. The van der Waals surface area contributed by atoms with Crippen molar-refractivity contribution in [3.63, 3.8) is 0 Å². The molecule has 0 spiro atoms. The largest absolute Gasteiger partial charge is 0.338 e. The maximum atomic E-state index is 12.3. The number of benzene rings is 1. The van der Waals surface area contributed by atoms with Gasteiger partial charge < -0.3 is 4.90 Å². The van der Waals surface area contributed by atoms with E-state index in [1.807, 2.05) is 25.8 Å². The lowest BCUT2D eigenvalue weighted by Crippen LogP contribution is -2.39. The van der Waals surface area contributed by atoms with E-state index in [1.165, 1.54) is 10.5 Å². The van der Waals surface area contributed by atoms with Crippen molar-refractivity contribution < 1.29 is 4.79 Å². The summed E-state index contributed by atoms with van der Waals surface area (Å²) in [6.45, 7) is 10.4. The van der Waals surface area contributed by atoms with Gasteiger partial charge in [-0.05, 0) is 44.8 Å². The second-order valence-electron chi connectivity index (χ2n) is 5.39. The number of likely N-dealkylation sites (N-methyl/N-ethyl adjacent to an activating group) is 2. The predicted molar refractivity (Wildman–Crippen MR) is 91.6 cm³/mol. The van der Waals surface area contributed by atoms with E-state index in [0.717, 1.165) is 18.7 Å². The maximum absolute atomic E-state index is 12.3. The van der Waals surface area contributed by atoms with Crippen LogP contribution >= 0.6 is 11.8 Å². The van der Waals surface area contributed by atoms with Gasteiger partial charge in [0.15, 0.2) is 0 Å². The fraction of sp³-hybridized carbons (Fsp3) is 0.471. The SMILES string of the molecule is C=C(C)CN(CC)C(=O)CN(C)Cc1ccc(SC)cc1. The Balaban J connectivity index is 2.52. The summed E-state index contributed by atoms with van der Waals surface area (Å²) >= 11 is 1.74. The van der Waals surface area contributed by atoms with Crippen molar-refractivity contribution in [3.05, 3.63) is 42.0 Å². The fourth-order valence-corrected chi connectivity index (χ4v) is 2.54. The highest BCUT2D eigenvalue weighted by Crippen LogP contribution is 2.15. The number of carbonyl (C=O) groups excluding carboxylic acids is 1. The van der Waals surface area contributed by atoms with Gasteiger partial charge in [-0.15, -0.1) is 11.8 Å². The van der Waals surface area contributed by atoms with Gasteiger partial charge in [-0.3, -0.25) is 9.69 Å². The Labute approximate surface area is 133 Å². The summed E-state index contributed by atoms with van der Waals surface area (Å²) in [6.07, 6.45) is 2.07. The van der Waals surface area contributed by atoms with Crippen molar-refractivity contribution in [3.8, 4) is 0 Å². The fourth-order valence-electron chi connectivity index (χ4n) is 2.13. The van der Waals surface area contributed by atoms with Crippen molar-refractivity contribution in [2.24, 2.45) is 0 Å². The highest BCUT2D eigenvalue weighted by Gasteiger charge is 2.14. The van der Waals surface area contributed by atoms with Crippen molar-refractivity contribution in [2.75, 3.05) is 32.9 Å². The predicted octanol–water partition coefficient (Wildman–Crippen LogP) is 3.26. The van der Waals surface area contributed by atoms with Crippen LogP contribution in [0, 0.1) is 0 Å². The first-order chi connectivity index (χ1) is 9.96. The lowest BCUT2D eigenvalue weighted by Gasteiger charge is -2.24. The third kappa shape index (κ3) is 6.36. The standard InChI is InChI=1S/C17H26N2OS/c1-6-19(11-14(2)3)17(20)13-18(4)12-15-7-9-16(21-5)10-8-15/h7-10H,2,6,11-13H2,1,3-5H3. The zero-order valence-corrected chi connectivity index (χ0v) is 14.4. The smallest absolute Gasteiger partial charge is 0.237 e. The van der Waals surface area contributed by atoms with Gasteiger partial charge in [0, 0.05) is 24.5 Å². The van der Waals surface area contributed by atoms with E-state index in [1.54, 1.807) is 11.8 Å². The van der Waals surface area contributed by atoms with Crippen LogP contribution in [-0.4, -0.2) is 48.6 Å². The van der Waals surface area contributed by atoms with Gasteiger partial charge >= 0.3 is 0 Å². The van der Waals surface area contributed by atoms with E-state index in [-0.39, 0.29) is 5.91 Å². The normalized spacial score (nSPS) is 10.7. The number of hydrogen-bond donors (Lipinski definition) is 0. The Kier molecular flexibility index (Phi) is 7.54. The lowest BCUT2D eigenvalue weighted by atomic mass is 10.2. The number of hydrogen-bond acceptors (Lipinski definition) is 3. The Morgan fingerprint density at radius 2 is 1.86 bits per heavy atom. The third-order valence-corrected chi connectivity index (χ3v) is 3.96. The molecule has 0 saturated carbocycles. The zero-order chi connectivity index (χ0) is 15.8. The number of nitrogens with zero attached hydrogens (tertiary/aromatic N) is 2. The Hall–Kier alpha value is -1.26. The van der Waals surface area contributed by atoms with Crippen LogP contribution in [0.2, 0.25) is 0 Å². The molecule has 0 aliphatic rings. The molecule has 0 atom stereocenters. The van der Waals surface area contributed by atoms with E-state index in [4.69, 9.17) is 0 Å². The highest BCUT2D eigenvalue weighted by molar-refractivity contribution is 7.98. The van der Waals surface area contributed by atoms with E-state index >= 15 is 0 Å². The van der Waals surface area contributed by atoms with Crippen LogP contribution in [0.5, 0.6) is 0 Å². The van der Waals surface area contributed by atoms with Crippen LogP contribution in [-0.2, 0) is 11.3 Å². The van der Waals surface area contributed by atoms with Crippen LogP contribution < -0.4 is 0 Å². The van der Waals surface area contributed by atoms with Crippen molar-refractivity contribution in [1.29, 1.82) is 0 Å². The summed E-state index contributed by atoms with van der Waals surface area (Å²) in [6, 6.07) is 8.49. The molecule has 1 aromatic rings. The quantitative estimate of drug-likeness (QED) is 0.544. The summed E-state index contributed by atoms with van der Waals surface area (Å²) in [5.41, 5.74) is 2.24. The molecule has 0 fully saturated rings. The van der Waals surface area contributed by atoms with E-state index in [0.29, 0.717) is 13.1 Å². The van der Waals surface area contributed by atoms with Gasteiger partial charge in [-0.2, -0.15) is 0 Å². The molecule has 1 amide bonds. The molecule has 3 nitrogen and oxygen atoms in total. The lowest BCUT2D eigenvalue weighted by molar-refractivity contribution is -0.131. The molecule has 0 unspecified atom stereocenters. The molecular formula is C17H26N2OS. The molecule has 1 aromatic carbocycles. The van der Waals surface area contributed by atoms with Gasteiger partial charge in [-0.25, -0.2) is 0 Å². The minimum atomic E-state index is 0.156. The van der Waals surface area contributed by atoms with E-state index in [2.05, 4.69) is 42.0 Å². The van der Waals surface area contributed by atoms with Gasteiger partial charge in [0.2, 0.25) is 5.91 Å². The van der Waals surface area contributed by atoms with Crippen LogP contribution in [0.25, 0.3) is 0 Å². The molecule has 0 bridgehead atoms. The second kappa shape index (κ2) is 8.90. The first kappa shape index (κ1) is 17.8. The highest BCUT2D eigenvalue weighted by atomic mass is 32.2. The Morgan fingerprint density at radius 1 is 1.24 bits per heavy atom. The van der Waals surface area contributed by atoms with Crippen molar-refractivity contribution >= 4 is 17.7 Å². The molecule has 0 aromatic heterocycles. The van der Waals surface area contributed by atoms with Crippen LogP contribution in [0.4, 0.5) is 0 Å². The molecular weight excluding hydrogens is 280 g/mol. The molecule has 0 aliphatic heterocycles. The molecule has 0 N–H and O–H groups in total. The van der Waals surface area contributed by atoms with Crippen LogP contribution in [0.15, 0.2) is 41.3 Å². The third-order valence-electron chi connectivity index (χ3n) is 3.21. The topological polar surface area (TPSA) is 23.6 Å². The average molecular weight is 306 g/mol. The molecule has 21 heavy (non-hydrogen) atoms. The molecule has 1 rings (SSSR count). The summed E-state index contributed by atoms with van der Waals surface area (Å²) in [7, 11) is 1.98. The van der Waals surface area contributed by atoms with Gasteiger partial charge in [0.1, 0.15) is 0 Å². The number of amides is 1. The first-order valence-corrected chi connectivity index (χ1v) is 8.42. The minimum absolute atomic E-state index is 0.156. The second-order valence-corrected chi connectivity index (χ2v) is 6.27.